The van der Waals surface area contributed by atoms with Crippen molar-refractivity contribution in [3.63, 3.8) is 0 Å². The van der Waals surface area contributed by atoms with Gasteiger partial charge in [-0.05, 0) is 50.0 Å². The molecule has 4 nitrogen and oxygen atoms in total. The smallest absolute Gasteiger partial charge is 0.578 e. The summed E-state index contributed by atoms with van der Waals surface area (Å²) in [6, 6.07) is 0. The molecule has 1 saturated carbocycles. The number of nitrogens with zero attached hydrogens (tertiary/aromatic N) is 2. The van der Waals surface area contributed by atoms with Gasteiger partial charge in [-0.15, -0.1) is 5.69 Å². The van der Waals surface area contributed by atoms with Crippen LogP contribution in [0.25, 0.3) is 0 Å². The maximum absolute atomic E-state index is 11.9. The number of hydrogen-bond acceptors (Lipinski definition) is 3. The number of esters is 1. The van der Waals surface area contributed by atoms with Crippen molar-refractivity contribution in [3.8, 4) is 0 Å². The van der Waals surface area contributed by atoms with Crippen LogP contribution in [0.2, 0.25) is 0 Å². The van der Waals surface area contributed by atoms with E-state index in [0.29, 0.717) is 18.2 Å². The summed E-state index contributed by atoms with van der Waals surface area (Å²) < 4.78 is 5.07. The summed E-state index contributed by atoms with van der Waals surface area (Å²) >= 11 is 0. The summed E-state index contributed by atoms with van der Waals surface area (Å²) in [6.07, 6.45) is 8.60. The summed E-state index contributed by atoms with van der Waals surface area (Å²) in [4.78, 5) is 11.9. The molecule has 0 N–H and O–H groups in total. The van der Waals surface area contributed by atoms with Crippen LogP contribution in [0.15, 0.2) is 0 Å². The Hall–Kier alpha value is 0.316. The van der Waals surface area contributed by atoms with E-state index in [9.17, 15) is 4.79 Å². The van der Waals surface area contributed by atoms with Gasteiger partial charge in [0.2, 0.25) is 0 Å². The average Bonchev–Trinajstić information content (AvgIpc) is 2.70. The minimum absolute atomic E-state index is 0. The monoisotopic (exact) mass is 300 g/mol. The first-order valence-electron chi connectivity index (χ1n) is 7.50. The van der Waals surface area contributed by atoms with Gasteiger partial charge < -0.3 is 14.9 Å². The van der Waals surface area contributed by atoms with E-state index in [0.717, 1.165) is 23.6 Å². The quantitative estimate of drug-likeness (QED) is 0.562. The molecule has 2 atom stereocenters. The number of fused-ring (bicyclic) bond motifs is 3. The maximum Gasteiger partial charge on any atom is 1.00 e. The van der Waals surface area contributed by atoms with E-state index in [2.05, 4.69) is 10.2 Å². The molecule has 5 heteroatoms. The van der Waals surface area contributed by atoms with Crippen molar-refractivity contribution >= 4 is 5.97 Å². The summed E-state index contributed by atoms with van der Waals surface area (Å²) in [5.74, 6) is 0.979. The molecule has 1 aromatic rings. The van der Waals surface area contributed by atoms with Crippen LogP contribution in [0.4, 0.5) is 0 Å². The zero-order valence-electron chi connectivity index (χ0n) is 12.5. The molecule has 1 fully saturated rings. The van der Waals surface area contributed by atoms with Crippen LogP contribution in [0.1, 0.15) is 73.1 Å². The Morgan fingerprint density at radius 1 is 1.30 bits per heavy atom. The Morgan fingerprint density at radius 2 is 2.10 bits per heavy atom. The van der Waals surface area contributed by atoms with Crippen LogP contribution >= 0.6 is 0 Å². The third kappa shape index (κ3) is 3.22. The van der Waals surface area contributed by atoms with Gasteiger partial charge in [0.05, 0.1) is 6.61 Å². The van der Waals surface area contributed by atoms with E-state index in [4.69, 9.17) is 4.74 Å². The summed E-state index contributed by atoms with van der Waals surface area (Å²) in [6.45, 7) is 2.22. The van der Waals surface area contributed by atoms with Gasteiger partial charge in [-0.2, -0.15) is 0 Å². The topological polar surface area (TPSA) is 53.3 Å². The number of rotatable bonds is 2. The van der Waals surface area contributed by atoms with Crippen LogP contribution in [0.3, 0.4) is 0 Å². The minimum atomic E-state index is -0.302. The molecular formula is C15H21KN2O2. The Kier molecular flexibility index (Phi) is 6.29. The molecule has 0 aromatic carbocycles. The van der Waals surface area contributed by atoms with E-state index < -0.39 is 0 Å². The van der Waals surface area contributed by atoms with Gasteiger partial charge in [-0.25, -0.2) is 4.79 Å². The van der Waals surface area contributed by atoms with E-state index in [1.165, 1.54) is 38.5 Å². The molecule has 20 heavy (non-hydrogen) atoms. The predicted octanol–water partition coefficient (Wildman–Crippen LogP) is -0.170. The minimum Gasteiger partial charge on any atom is -0.578 e. The van der Waals surface area contributed by atoms with Crippen LogP contribution in [-0.4, -0.2) is 17.7 Å². The first-order valence-corrected chi connectivity index (χ1v) is 7.50. The van der Waals surface area contributed by atoms with E-state index >= 15 is 0 Å². The number of hydrogen-bond donors (Lipinski definition) is 0. The fraction of sp³-hybridized carbons (Fsp3) is 0.733. The van der Waals surface area contributed by atoms with E-state index in [1.54, 1.807) is 0 Å². The van der Waals surface area contributed by atoms with E-state index in [-0.39, 0.29) is 57.4 Å². The van der Waals surface area contributed by atoms with Gasteiger partial charge in [0.1, 0.15) is 5.69 Å². The Bertz CT molecular complexity index is 472. The third-order valence-corrected chi connectivity index (χ3v) is 4.60. The first kappa shape index (κ1) is 16.7. The number of carbonyl (C=O) groups is 1. The second-order valence-corrected chi connectivity index (χ2v) is 5.68. The van der Waals surface area contributed by atoms with Crippen molar-refractivity contribution in [2.24, 2.45) is 5.92 Å². The van der Waals surface area contributed by atoms with Crippen LogP contribution in [0.5, 0.6) is 0 Å². The normalized spacial score (nSPS) is 24.9. The van der Waals surface area contributed by atoms with Gasteiger partial charge in [-0.3, -0.25) is 0 Å². The van der Waals surface area contributed by atoms with Gasteiger partial charge >= 0.3 is 57.4 Å². The van der Waals surface area contributed by atoms with Gasteiger partial charge in [0.25, 0.3) is 0 Å². The Morgan fingerprint density at radius 3 is 2.90 bits per heavy atom. The summed E-state index contributed by atoms with van der Waals surface area (Å²) in [7, 11) is 0. The largest absolute Gasteiger partial charge is 1.00 e. The molecule has 0 saturated heterocycles. The van der Waals surface area contributed by atoms with Crippen molar-refractivity contribution < 1.29 is 60.9 Å². The average molecular weight is 300 g/mol. The zero-order valence-corrected chi connectivity index (χ0v) is 15.6. The van der Waals surface area contributed by atoms with Crippen LogP contribution in [-0.2, 0) is 11.2 Å². The second kappa shape index (κ2) is 7.54. The van der Waals surface area contributed by atoms with Gasteiger partial charge in [0, 0.05) is 0 Å². The molecule has 0 radical (unpaired) electrons. The fourth-order valence-electron chi connectivity index (χ4n) is 3.67. The van der Waals surface area contributed by atoms with Crippen molar-refractivity contribution in [2.45, 2.75) is 57.8 Å². The van der Waals surface area contributed by atoms with Crippen molar-refractivity contribution in [1.29, 1.82) is 0 Å². The third-order valence-electron chi connectivity index (χ3n) is 4.60. The zero-order chi connectivity index (χ0) is 13.2. The molecule has 0 bridgehead atoms. The van der Waals surface area contributed by atoms with Gasteiger partial charge in [0.15, 0.2) is 0 Å². The predicted molar refractivity (Wildman–Crippen MR) is 71.2 cm³/mol. The molecule has 104 valence electrons. The molecule has 3 rings (SSSR count). The molecule has 1 heterocycles. The molecule has 0 amide bonds. The molecule has 2 unspecified atom stereocenters. The molecule has 2 aliphatic carbocycles. The summed E-state index contributed by atoms with van der Waals surface area (Å²) in [5, 5.41) is 8.45. The summed E-state index contributed by atoms with van der Waals surface area (Å²) in [5.41, 5.74) is 2.64. The number of carbonyl (C=O) groups excluding carboxylic acids is 1. The molecule has 2 aliphatic rings. The SMILES string of the molecule is CCOC(=O)c1n[n-]c2c1CCC1CCCCCC21.[K+]. The van der Waals surface area contributed by atoms with Gasteiger partial charge in [-0.1, -0.05) is 19.3 Å². The maximum atomic E-state index is 11.9. The van der Waals surface area contributed by atoms with Crippen LogP contribution in [0, 0.1) is 5.92 Å². The van der Waals surface area contributed by atoms with Crippen molar-refractivity contribution in [3.05, 3.63) is 17.0 Å². The fourth-order valence-corrected chi connectivity index (χ4v) is 3.67. The Balaban J connectivity index is 0.00000147. The first-order chi connectivity index (χ1) is 9.31. The van der Waals surface area contributed by atoms with Crippen LogP contribution < -0.4 is 56.5 Å². The Labute approximate surface area is 162 Å². The number of aromatic nitrogens is 2. The second-order valence-electron chi connectivity index (χ2n) is 5.68. The molecule has 0 spiro atoms. The standard InChI is InChI=1S/C15H22N2O2.K/c1-2-19-15(18)14-12-9-8-10-6-4-3-5-7-11(10)13(12)16-17-14;/h10-11H,2-9H2,1H3,(H,16,17,18);/q;+1/p-1. The van der Waals surface area contributed by atoms with E-state index in [1.807, 2.05) is 6.92 Å². The molecule has 0 aliphatic heterocycles. The van der Waals surface area contributed by atoms with Crippen molar-refractivity contribution in [1.82, 2.24) is 10.2 Å². The van der Waals surface area contributed by atoms with Crippen molar-refractivity contribution in [2.75, 3.05) is 6.61 Å². The number of ether oxygens (including phenoxy) is 1. The molecular weight excluding hydrogens is 279 g/mol. The molecule has 1 aromatic heterocycles.